The zero-order chi connectivity index (χ0) is 20.2. The summed E-state index contributed by atoms with van der Waals surface area (Å²) in [6.45, 7) is 2.05. The summed E-state index contributed by atoms with van der Waals surface area (Å²) in [6, 6.07) is 15.4. The average Bonchev–Trinajstić information content (AvgIpc) is 3.48. The van der Waals surface area contributed by atoms with Gasteiger partial charge in [-0.3, -0.25) is 9.59 Å². The quantitative estimate of drug-likeness (QED) is 0.417. The molecule has 2 N–H and O–H groups in total. The Kier molecular flexibility index (Phi) is 5.84. The first-order valence-corrected chi connectivity index (χ1v) is 11.4. The maximum absolute atomic E-state index is 12.1. The lowest BCUT2D eigenvalue weighted by Gasteiger charge is -2.04. The maximum Gasteiger partial charge on any atom is 0.265 e. The first-order chi connectivity index (χ1) is 14.1. The van der Waals surface area contributed by atoms with Gasteiger partial charge in [-0.15, -0.1) is 34.0 Å². The summed E-state index contributed by atoms with van der Waals surface area (Å²) in [6.07, 6.45) is 0. The predicted octanol–water partition coefficient (Wildman–Crippen LogP) is 5.49. The molecule has 8 heteroatoms. The van der Waals surface area contributed by atoms with Gasteiger partial charge in [-0.25, -0.2) is 4.98 Å². The van der Waals surface area contributed by atoms with Crippen LogP contribution in [-0.2, 0) is 11.3 Å². The number of hydrogen-bond acceptors (Lipinski definition) is 6. The van der Waals surface area contributed by atoms with Gasteiger partial charge in [0.25, 0.3) is 5.91 Å². The fourth-order valence-corrected chi connectivity index (χ4v) is 5.07. The van der Waals surface area contributed by atoms with E-state index in [0.29, 0.717) is 11.4 Å². The Morgan fingerprint density at radius 2 is 1.86 bits per heavy atom. The van der Waals surface area contributed by atoms with Crippen molar-refractivity contribution < 1.29 is 9.59 Å². The molecule has 0 radical (unpaired) electrons. The molecule has 3 aromatic heterocycles. The molecule has 4 rings (SSSR count). The van der Waals surface area contributed by atoms with Crippen molar-refractivity contribution in [2.75, 3.05) is 5.32 Å². The van der Waals surface area contributed by atoms with Crippen molar-refractivity contribution >= 4 is 51.5 Å². The minimum absolute atomic E-state index is 0.0362. The molecule has 0 aliphatic heterocycles. The Bertz CT molecular complexity index is 1130. The average molecular weight is 440 g/mol. The molecule has 0 spiro atoms. The normalized spacial score (nSPS) is 10.7. The van der Waals surface area contributed by atoms with E-state index in [1.54, 1.807) is 28.7 Å². The number of nitrogens with zero attached hydrogens (tertiary/aromatic N) is 1. The highest BCUT2D eigenvalue weighted by atomic mass is 32.1. The van der Waals surface area contributed by atoms with E-state index in [9.17, 15) is 9.59 Å². The largest absolute Gasteiger partial charge is 0.351 e. The third-order valence-electron chi connectivity index (χ3n) is 4.06. The highest BCUT2D eigenvalue weighted by Gasteiger charge is 2.11. The fourth-order valence-electron chi connectivity index (χ4n) is 2.64. The van der Waals surface area contributed by atoms with Crippen LogP contribution >= 0.6 is 34.0 Å². The van der Waals surface area contributed by atoms with Crippen LogP contribution in [0.15, 0.2) is 59.3 Å². The van der Waals surface area contributed by atoms with E-state index in [4.69, 9.17) is 4.98 Å². The van der Waals surface area contributed by atoms with Crippen molar-refractivity contribution in [2.45, 2.75) is 13.5 Å². The van der Waals surface area contributed by atoms with Crippen LogP contribution in [0.1, 0.15) is 21.5 Å². The van der Waals surface area contributed by atoms with Crippen molar-refractivity contribution in [2.24, 2.45) is 0 Å². The first-order valence-electron chi connectivity index (χ1n) is 8.83. The van der Waals surface area contributed by atoms with Gasteiger partial charge >= 0.3 is 0 Å². The minimum Gasteiger partial charge on any atom is -0.351 e. The van der Waals surface area contributed by atoms with Crippen LogP contribution in [0, 0.1) is 0 Å². The Morgan fingerprint density at radius 3 is 2.59 bits per heavy atom. The van der Waals surface area contributed by atoms with Gasteiger partial charge in [-0.1, -0.05) is 6.07 Å². The number of anilines is 1. The topological polar surface area (TPSA) is 71.1 Å². The van der Waals surface area contributed by atoms with Crippen LogP contribution in [0.5, 0.6) is 0 Å². The number of aromatic nitrogens is 1. The molecule has 146 valence electrons. The van der Waals surface area contributed by atoms with Crippen LogP contribution in [0.4, 0.5) is 5.69 Å². The second-order valence-electron chi connectivity index (χ2n) is 6.22. The van der Waals surface area contributed by atoms with Crippen LogP contribution in [-0.4, -0.2) is 16.8 Å². The molecule has 0 aliphatic rings. The molecule has 0 atom stereocenters. The van der Waals surface area contributed by atoms with Crippen LogP contribution in [0.25, 0.3) is 21.1 Å². The second-order valence-corrected chi connectivity index (χ2v) is 9.20. The predicted molar refractivity (Wildman–Crippen MR) is 121 cm³/mol. The van der Waals surface area contributed by atoms with Gasteiger partial charge in [0.2, 0.25) is 5.91 Å². The van der Waals surface area contributed by atoms with Crippen molar-refractivity contribution in [3.05, 3.63) is 69.0 Å². The Balaban J connectivity index is 1.44. The Hall–Kier alpha value is -2.81. The van der Waals surface area contributed by atoms with Gasteiger partial charge in [0.15, 0.2) is 0 Å². The van der Waals surface area contributed by atoms with E-state index in [2.05, 4.69) is 10.6 Å². The van der Waals surface area contributed by atoms with E-state index in [1.165, 1.54) is 18.3 Å². The molecule has 0 bridgehead atoms. The van der Waals surface area contributed by atoms with E-state index in [0.717, 1.165) is 31.7 Å². The Morgan fingerprint density at radius 1 is 1.03 bits per heavy atom. The zero-order valence-corrected chi connectivity index (χ0v) is 17.9. The number of benzene rings is 1. The summed E-state index contributed by atoms with van der Waals surface area (Å²) in [5, 5.41) is 10.6. The van der Waals surface area contributed by atoms with Gasteiger partial charge < -0.3 is 10.6 Å². The molecule has 4 aromatic rings. The lowest BCUT2D eigenvalue weighted by atomic mass is 10.2. The van der Waals surface area contributed by atoms with E-state index in [-0.39, 0.29) is 11.8 Å². The van der Waals surface area contributed by atoms with E-state index < -0.39 is 0 Å². The molecule has 1 aromatic carbocycles. The molecular weight excluding hydrogens is 422 g/mol. The minimum atomic E-state index is -0.1000. The second kappa shape index (κ2) is 8.69. The van der Waals surface area contributed by atoms with Gasteiger partial charge in [0, 0.05) is 28.4 Å². The third kappa shape index (κ3) is 4.79. The van der Waals surface area contributed by atoms with Crippen molar-refractivity contribution in [1.29, 1.82) is 0 Å². The molecule has 0 saturated carbocycles. The summed E-state index contributed by atoms with van der Waals surface area (Å²) < 4.78 is 0. The van der Waals surface area contributed by atoms with Crippen LogP contribution in [0.2, 0.25) is 0 Å². The number of thiazole rings is 1. The monoisotopic (exact) mass is 439 g/mol. The number of nitrogens with one attached hydrogen (secondary N) is 2. The van der Waals surface area contributed by atoms with E-state index in [1.807, 2.05) is 53.2 Å². The summed E-state index contributed by atoms with van der Waals surface area (Å²) in [4.78, 5) is 30.8. The molecule has 29 heavy (non-hydrogen) atoms. The standard InChI is InChI=1S/C21H17N3O2S3/c1-13(25)22-11-16-8-9-18(29-16)17-12-28-21(24-17)14-4-6-15(7-5-14)23-20(26)19-3-2-10-27-19/h2-10,12H,11H2,1H3,(H,22,25)(H,23,26). The Labute approximate surface area is 180 Å². The number of carbonyl (C=O) groups is 2. The summed E-state index contributed by atoms with van der Waals surface area (Å²) in [7, 11) is 0. The van der Waals surface area contributed by atoms with Gasteiger partial charge in [-0.05, 0) is 47.8 Å². The highest BCUT2D eigenvalue weighted by molar-refractivity contribution is 7.16. The van der Waals surface area contributed by atoms with E-state index >= 15 is 0 Å². The lowest BCUT2D eigenvalue weighted by molar-refractivity contribution is -0.119. The fraction of sp³-hybridized carbons (Fsp3) is 0.0952. The molecule has 3 heterocycles. The van der Waals surface area contributed by atoms with Crippen LogP contribution < -0.4 is 10.6 Å². The zero-order valence-electron chi connectivity index (χ0n) is 15.5. The number of hydrogen-bond donors (Lipinski definition) is 2. The van der Waals surface area contributed by atoms with Crippen molar-refractivity contribution in [1.82, 2.24) is 10.3 Å². The first kappa shape index (κ1) is 19.5. The van der Waals surface area contributed by atoms with Crippen molar-refractivity contribution in [3.8, 4) is 21.1 Å². The third-order valence-corrected chi connectivity index (χ3v) is 6.93. The molecule has 0 aliphatic carbocycles. The molecule has 0 unspecified atom stereocenters. The summed E-state index contributed by atoms with van der Waals surface area (Å²) in [5.74, 6) is -0.136. The highest BCUT2D eigenvalue weighted by Crippen LogP contribution is 2.33. The summed E-state index contributed by atoms with van der Waals surface area (Å²) in [5.41, 5.74) is 2.69. The van der Waals surface area contributed by atoms with Crippen LogP contribution in [0.3, 0.4) is 0 Å². The number of amides is 2. The number of rotatable bonds is 6. The lowest BCUT2D eigenvalue weighted by Crippen LogP contribution is -2.17. The smallest absolute Gasteiger partial charge is 0.265 e. The number of thiophene rings is 2. The molecule has 0 saturated heterocycles. The maximum atomic E-state index is 12.1. The summed E-state index contributed by atoms with van der Waals surface area (Å²) >= 11 is 4.63. The number of carbonyl (C=O) groups excluding carboxylic acids is 2. The van der Waals surface area contributed by atoms with Gasteiger partial charge in [-0.2, -0.15) is 0 Å². The molecule has 0 fully saturated rings. The van der Waals surface area contributed by atoms with Gasteiger partial charge in [0.1, 0.15) is 5.01 Å². The van der Waals surface area contributed by atoms with Crippen molar-refractivity contribution in [3.63, 3.8) is 0 Å². The van der Waals surface area contributed by atoms with Gasteiger partial charge in [0.05, 0.1) is 22.0 Å². The molecule has 5 nitrogen and oxygen atoms in total. The molecular formula is C21H17N3O2S3. The molecule has 2 amide bonds. The SMILES string of the molecule is CC(=O)NCc1ccc(-c2csc(-c3ccc(NC(=O)c4cccs4)cc3)n2)s1.